The highest BCUT2D eigenvalue weighted by Gasteiger charge is 2.35. The molecule has 0 amide bonds. The van der Waals surface area contributed by atoms with Crippen molar-refractivity contribution in [1.82, 2.24) is 5.32 Å². The van der Waals surface area contributed by atoms with Crippen LogP contribution in [-0.4, -0.2) is 0 Å². The Hall–Kier alpha value is -2.40. The average Bonchev–Trinajstić information content (AvgIpc) is 2.43. The Morgan fingerprint density at radius 3 is 2.52 bits per heavy atom. The minimum Gasteiger partial charge on any atom is -0.398 e. The molecule has 0 aromatic heterocycles. The molecule has 0 aliphatic carbocycles. The van der Waals surface area contributed by atoms with Crippen LogP contribution in [0.25, 0.3) is 6.08 Å². The number of aryl methyl sites for hydroxylation is 1. The smallest absolute Gasteiger partial charge is 0.142 e. The maximum absolute atomic E-state index is 14.1. The van der Waals surface area contributed by atoms with Crippen molar-refractivity contribution in [2.24, 2.45) is 5.73 Å². The number of nitrogen functional groups attached to an aromatic ring is 1. The molecule has 0 fully saturated rings. The topological polar surface area (TPSA) is 64.1 Å². The Labute approximate surface area is 121 Å². The Balaban J connectivity index is 2.25. The van der Waals surface area contributed by atoms with Gasteiger partial charge in [-0.1, -0.05) is 12.1 Å². The molecule has 5 heteroatoms. The monoisotopic (exact) mass is 287 g/mol. The molecule has 0 saturated heterocycles. The van der Waals surface area contributed by atoms with E-state index in [1.54, 1.807) is 18.3 Å². The van der Waals surface area contributed by atoms with E-state index in [-0.39, 0.29) is 5.56 Å². The minimum atomic E-state index is -1.29. The van der Waals surface area contributed by atoms with E-state index in [4.69, 9.17) is 11.5 Å². The van der Waals surface area contributed by atoms with Gasteiger partial charge in [0.2, 0.25) is 0 Å². The first kappa shape index (κ1) is 13.6. The lowest BCUT2D eigenvalue weighted by Crippen LogP contribution is -2.51. The molecule has 0 saturated carbocycles. The molecule has 2 aromatic carbocycles. The fourth-order valence-corrected chi connectivity index (χ4v) is 2.64. The summed E-state index contributed by atoms with van der Waals surface area (Å²) in [6, 6.07) is 6.99. The first-order valence-electron chi connectivity index (χ1n) is 6.51. The van der Waals surface area contributed by atoms with Gasteiger partial charge in [0.15, 0.2) is 0 Å². The average molecular weight is 287 g/mol. The second kappa shape index (κ2) is 4.56. The molecule has 108 valence electrons. The molecule has 3 nitrogen and oxygen atoms in total. The number of rotatable bonds is 1. The first-order valence-corrected chi connectivity index (χ1v) is 6.51. The lowest BCUT2D eigenvalue weighted by Gasteiger charge is -2.36. The van der Waals surface area contributed by atoms with Crippen molar-refractivity contribution >= 4 is 11.8 Å². The normalized spacial score (nSPS) is 20.0. The van der Waals surface area contributed by atoms with Crippen molar-refractivity contribution in [1.29, 1.82) is 0 Å². The maximum atomic E-state index is 14.1. The van der Waals surface area contributed by atoms with Crippen molar-refractivity contribution in [2.75, 3.05) is 5.73 Å². The number of benzene rings is 2. The third kappa shape index (κ3) is 1.97. The molecule has 21 heavy (non-hydrogen) atoms. The largest absolute Gasteiger partial charge is 0.398 e. The number of anilines is 1. The summed E-state index contributed by atoms with van der Waals surface area (Å²) >= 11 is 0. The highest BCUT2D eigenvalue weighted by atomic mass is 19.1. The van der Waals surface area contributed by atoms with Crippen molar-refractivity contribution in [2.45, 2.75) is 12.6 Å². The van der Waals surface area contributed by atoms with E-state index >= 15 is 0 Å². The Morgan fingerprint density at radius 2 is 1.81 bits per heavy atom. The molecule has 1 aliphatic rings. The molecular weight excluding hydrogens is 272 g/mol. The zero-order valence-electron chi connectivity index (χ0n) is 11.5. The van der Waals surface area contributed by atoms with E-state index < -0.39 is 17.3 Å². The van der Waals surface area contributed by atoms with Crippen LogP contribution in [-0.2, 0) is 5.66 Å². The predicted octanol–water partition coefficient (Wildman–Crippen LogP) is 2.59. The van der Waals surface area contributed by atoms with E-state index in [2.05, 4.69) is 5.32 Å². The van der Waals surface area contributed by atoms with E-state index in [0.29, 0.717) is 11.3 Å². The van der Waals surface area contributed by atoms with Crippen LogP contribution >= 0.6 is 0 Å². The van der Waals surface area contributed by atoms with Gasteiger partial charge < -0.3 is 16.8 Å². The highest BCUT2D eigenvalue weighted by Crippen LogP contribution is 2.36. The second-order valence-corrected chi connectivity index (χ2v) is 5.17. The minimum absolute atomic E-state index is 0.165. The molecule has 3 rings (SSSR count). The molecule has 1 atom stereocenters. The lowest BCUT2D eigenvalue weighted by atomic mass is 9.84. The van der Waals surface area contributed by atoms with Gasteiger partial charge in [-0.2, -0.15) is 0 Å². The summed E-state index contributed by atoms with van der Waals surface area (Å²) in [6.07, 6.45) is 3.42. The fraction of sp³-hybridized carbons (Fsp3) is 0.125. The number of halogens is 2. The zero-order chi connectivity index (χ0) is 15.2. The fourth-order valence-electron chi connectivity index (χ4n) is 2.64. The number of hydrogen-bond acceptors (Lipinski definition) is 3. The van der Waals surface area contributed by atoms with Crippen LogP contribution in [0.3, 0.4) is 0 Å². The molecule has 0 spiro atoms. The Kier molecular flexibility index (Phi) is 2.95. The molecular formula is C16H15F2N3. The van der Waals surface area contributed by atoms with Crippen molar-refractivity contribution in [3.63, 3.8) is 0 Å². The van der Waals surface area contributed by atoms with Gasteiger partial charge in [-0.25, -0.2) is 8.78 Å². The first-order chi connectivity index (χ1) is 9.93. The van der Waals surface area contributed by atoms with Crippen molar-refractivity contribution in [3.05, 3.63) is 70.4 Å². The summed E-state index contributed by atoms with van der Waals surface area (Å²) in [7, 11) is 0. The van der Waals surface area contributed by atoms with Gasteiger partial charge in [0.05, 0.1) is 0 Å². The molecule has 1 aliphatic heterocycles. The van der Waals surface area contributed by atoms with Crippen LogP contribution in [0, 0.1) is 18.6 Å². The third-order valence-corrected chi connectivity index (χ3v) is 3.85. The lowest BCUT2D eigenvalue weighted by molar-refractivity contribution is 0.441. The number of hydrogen-bond donors (Lipinski definition) is 3. The summed E-state index contributed by atoms with van der Waals surface area (Å²) in [6.45, 7) is 1.89. The standard InChI is InChI=1S/C16H15F2N3/c1-9-2-4-12-11(15(9)19)6-7-21-16(12,20)13-5-3-10(17)8-14(13)18/h2-8,21H,19-20H2,1H3. The van der Waals surface area contributed by atoms with E-state index in [1.165, 1.54) is 12.1 Å². The zero-order valence-corrected chi connectivity index (χ0v) is 11.5. The van der Waals surface area contributed by atoms with Gasteiger partial charge >= 0.3 is 0 Å². The SMILES string of the molecule is Cc1ccc2c(c1N)C=CNC2(N)c1ccc(F)cc1F. The van der Waals surface area contributed by atoms with Gasteiger partial charge in [0.25, 0.3) is 0 Å². The van der Waals surface area contributed by atoms with Gasteiger partial charge in [0.1, 0.15) is 17.3 Å². The number of fused-ring (bicyclic) bond motifs is 1. The predicted molar refractivity (Wildman–Crippen MR) is 79.1 cm³/mol. The maximum Gasteiger partial charge on any atom is 0.142 e. The highest BCUT2D eigenvalue weighted by molar-refractivity contribution is 5.74. The van der Waals surface area contributed by atoms with Crippen LogP contribution in [0.5, 0.6) is 0 Å². The molecule has 2 aromatic rings. The van der Waals surface area contributed by atoms with Crippen LogP contribution in [0.1, 0.15) is 22.3 Å². The summed E-state index contributed by atoms with van der Waals surface area (Å²) in [4.78, 5) is 0. The van der Waals surface area contributed by atoms with E-state index in [9.17, 15) is 8.78 Å². The molecule has 5 N–H and O–H groups in total. The molecule has 0 bridgehead atoms. The van der Waals surface area contributed by atoms with Crippen LogP contribution in [0.15, 0.2) is 36.5 Å². The van der Waals surface area contributed by atoms with Gasteiger partial charge in [0, 0.05) is 28.4 Å². The molecule has 1 heterocycles. The third-order valence-electron chi connectivity index (χ3n) is 3.85. The van der Waals surface area contributed by atoms with E-state index in [0.717, 1.165) is 17.2 Å². The summed E-state index contributed by atoms with van der Waals surface area (Å²) < 4.78 is 27.3. The van der Waals surface area contributed by atoms with Crippen LogP contribution < -0.4 is 16.8 Å². The number of nitrogens with two attached hydrogens (primary N) is 2. The van der Waals surface area contributed by atoms with Gasteiger partial charge in [-0.05, 0) is 36.9 Å². The Bertz CT molecular complexity index is 755. The van der Waals surface area contributed by atoms with Crippen LogP contribution in [0.4, 0.5) is 14.5 Å². The quantitative estimate of drug-likeness (QED) is 0.706. The number of nitrogens with one attached hydrogen (secondary N) is 1. The molecule has 1 unspecified atom stereocenters. The van der Waals surface area contributed by atoms with Gasteiger partial charge in [-0.15, -0.1) is 0 Å². The second-order valence-electron chi connectivity index (χ2n) is 5.17. The Morgan fingerprint density at radius 1 is 1.10 bits per heavy atom. The summed E-state index contributed by atoms with van der Waals surface area (Å²) in [5, 5.41) is 2.95. The van der Waals surface area contributed by atoms with Crippen LogP contribution in [0.2, 0.25) is 0 Å². The van der Waals surface area contributed by atoms with Gasteiger partial charge in [-0.3, -0.25) is 0 Å². The summed E-state index contributed by atoms with van der Waals surface area (Å²) in [5.41, 5.74) is 14.3. The van der Waals surface area contributed by atoms with Crippen molar-refractivity contribution in [3.8, 4) is 0 Å². The van der Waals surface area contributed by atoms with E-state index in [1.807, 2.05) is 13.0 Å². The van der Waals surface area contributed by atoms with Crippen molar-refractivity contribution < 1.29 is 8.78 Å². The summed E-state index contributed by atoms with van der Waals surface area (Å²) in [5.74, 6) is -1.35. The molecule has 0 radical (unpaired) electrons.